The van der Waals surface area contributed by atoms with E-state index in [1.54, 1.807) is 12.1 Å². The summed E-state index contributed by atoms with van der Waals surface area (Å²) in [6, 6.07) is 33.0. The fourth-order valence-corrected chi connectivity index (χ4v) is 9.57. The Hall–Kier alpha value is -4.40. The van der Waals surface area contributed by atoms with E-state index in [0.717, 1.165) is 11.4 Å². The summed E-state index contributed by atoms with van der Waals surface area (Å²) in [4.78, 5) is 1.18. The van der Waals surface area contributed by atoms with Crippen molar-refractivity contribution in [2.75, 3.05) is 4.90 Å². The molecule has 0 aliphatic carbocycles. The molecule has 0 radical (unpaired) electrons. The first-order valence-corrected chi connectivity index (χ1v) is 14.8. The molecule has 2 aliphatic rings. The molecule has 0 saturated heterocycles. The van der Waals surface area contributed by atoms with E-state index in [2.05, 4.69) is 0 Å². The van der Waals surface area contributed by atoms with Crippen LogP contribution in [0.2, 0.25) is 0 Å². The monoisotopic (exact) mass is 537 g/mol. The second-order valence-corrected chi connectivity index (χ2v) is 12.7. The maximum absolute atomic E-state index is 14.0. The molecule has 0 bridgehead atoms. The lowest BCUT2D eigenvalue weighted by molar-refractivity contribution is 0.477. The van der Waals surface area contributed by atoms with Crippen LogP contribution in [0.1, 0.15) is 0 Å². The van der Waals surface area contributed by atoms with Crippen LogP contribution in [0.15, 0.2) is 135 Å². The second-order valence-electron chi connectivity index (χ2n) is 8.98. The van der Waals surface area contributed by atoms with Crippen molar-refractivity contribution < 1.29 is 21.6 Å². The van der Waals surface area contributed by atoms with Crippen molar-refractivity contribution in [2.24, 2.45) is 0 Å². The third kappa shape index (κ3) is 3.11. The fourth-order valence-electron chi connectivity index (χ4n) is 5.20. The number of rotatable bonds is 2. The van der Waals surface area contributed by atoms with Crippen molar-refractivity contribution in [3.63, 3.8) is 0 Å². The van der Waals surface area contributed by atoms with Gasteiger partial charge in [0.2, 0.25) is 19.7 Å². The molecule has 0 saturated carbocycles. The minimum absolute atomic E-state index is 0.200. The summed E-state index contributed by atoms with van der Waals surface area (Å²) < 4.78 is 61.3. The topological polar surface area (TPSA) is 80.8 Å². The minimum atomic E-state index is -4.14. The smallest absolute Gasteiger partial charge is 0.209 e. The van der Waals surface area contributed by atoms with Gasteiger partial charge in [0.05, 0.1) is 36.6 Å². The Morgan fingerprint density at radius 3 is 1.58 bits per heavy atom. The van der Waals surface area contributed by atoms with Gasteiger partial charge < -0.3 is 9.64 Å². The lowest BCUT2D eigenvalue weighted by Crippen LogP contribution is -2.21. The molecule has 2 heterocycles. The summed E-state index contributed by atoms with van der Waals surface area (Å²) >= 11 is 0. The van der Waals surface area contributed by atoms with Crippen LogP contribution in [0.4, 0.5) is 17.1 Å². The molecule has 7 rings (SSSR count). The van der Waals surface area contributed by atoms with E-state index in [4.69, 9.17) is 4.74 Å². The van der Waals surface area contributed by atoms with Crippen LogP contribution < -0.4 is 9.64 Å². The van der Waals surface area contributed by atoms with Crippen molar-refractivity contribution in [3.05, 3.63) is 115 Å². The molecule has 0 fully saturated rings. The number of hydrogen-bond donors (Lipinski definition) is 0. The number of hydrogen-bond acceptors (Lipinski definition) is 6. The molecule has 8 heteroatoms. The average Bonchev–Trinajstić information content (AvgIpc) is 2.95. The van der Waals surface area contributed by atoms with Crippen molar-refractivity contribution in [1.82, 2.24) is 0 Å². The summed E-state index contributed by atoms with van der Waals surface area (Å²) in [6.07, 6.45) is 0. The van der Waals surface area contributed by atoms with Gasteiger partial charge in [-0.05, 0) is 48.5 Å². The van der Waals surface area contributed by atoms with E-state index >= 15 is 0 Å². The van der Waals surface area contributed by atoms with E-state index in [0.29, 0.717) is 28.3 Å². The van der Waals surface area contributed by atoms with Gasteiger partial charge in [-0.2, -0.15) is 0 Å². The van der Waals surface area contributed by atoms with Gasteiger partial charge in [-0.3, -0.25) is 0 Å². The number of ether oxygens (including phenoxy) is 1. The van der Waals surface area contributed by atoms with Gasteiger partial charge in [0.15, 0.2) is 11.5 Å². The molecule has 0 aromatic heterocycles. The first kappa shape index (κ1) is 22.8. The maximum atomic E-state index is 14.0. The third-order valence-corrected chi connectivity index (χ3v) is 10.9. The normalized spacial score (nSPS) is 15.8. The van der Waals surface area contributed by atoms with E-state index < -0.39 is 19.7 Å². The molecule has 0 atom stereocenters. The zero-order valence-corrected chi connectivity index (χ0v) is 21.4. The highest BCUT2D eigenvalue weighted by Gasteiger charge is 2.41. The number of benzene rings is 5. The van der Waals surface area contributed by atoms with Crippen LogP contribution >= 0.6 is 0 Å². The second kappa shape index (κ2) is 8.05. The minimum Gasteiger partial charge on any atom is -0.453 e. The Kier molecular flexibility index (Phi) is 4.82. The van der Waals surface area contributed by atoms with E-state index in [1.165, 1.54) is 30.3 Å². The van der Waals surface area contributed by atoms with Crippen LogP contribution in [-0.2, 0) is 19.7 Å². The Balaban J connectivity index is 1.54. The largest absolute Gasteiger partial charge is 0.453 e. The fraction of sp³-hybridized carbons (Fsp3) is 0. The zero-order chi connectivity index (χ0) is 26.1. The van der Waals surface area contributed by atoms with E-state index in [9.17, 15) is 16.8 Å². The number of nitrogens with zero attached hydrogens (tertiary/aromatic N) is 1. The molecule has 6 nitrogen and oxygen atoms in total. The van der Waals surface area contributed by atoms with Gasteiger partial charge in [-0.25, -0.2) is 16.8 Å². The highest BCUT2D eigenvalue weighted by atomic mass is 32.2. The van der Waals surface area contributed by atoms with Crippen molar-refractivity contribution in [2.45, 2.75) is 19.6 Å². The Bertz CT molecular complexity index is 1950. The lowest BCUT2D eigenvalue weighted by Gasteiger charge is -2.34. The van der Waals surface area contributed by atoms with Gasteiger partial charge >= 0.3 is 0 Å². The van der Waals surface area contributed by atoms with Gasteiger partial charge in [0, 0.05) is 11.1 Å². The highest BCUT2D eigenvalue weighted by molar-refractivity contribution is 7.97. The number of fused-ring (bicyclic) bond motifs is 4. The first-order valence-electron chi connectivity index (χ1n) is 11.9. The SMILES string of the molecule is O=S1(=O)c2ccccc2S(=O)(=O)c2c(-c3ccccc3N3c4ccccc4Oc4ccccc43)cccc21. The maximum Gasteiger partial charge on any atom is 0.209 e. The van der Waals surface area contributed by atoms with Gasteiger partial charge in [0.1, 0.15) is 0 Å². The number of anilines is 3. The van der Waals surface area contributed by atoms with Crippen LogP contribution in [0, 0.1) is 0 Å². The molecule has 38 heavy (non-hydrogen) atoms. The predicted octanol–water partition coefficient (Wildman–Crippen LogP) is 6.91. The van der Waals surface area contributed by atoms with Crippen molar-refractivity contribution in [1.29, 1.82) is 0 Å². The molecule has 2 aliphatic heterocycles. The van der Waals surface area contributed by atoms with E-state index in [-0.39, 0.29) is 19.6 Å². The zero-order valence-electron chi connectivity index (χ0n) is 19.8. The standard InChI is InChI=1S/C30H19NO5S2/c32-37(33)27-17-7-8-18-28(27)38(34,35)30-21(11-9-19-29(30)37)20-10-1-2-12-22(20)31-23-13-3-5-15-25(23)36-26-16-6-4-14-24(26)31/h1-19H. The van der Waals surface area contributed by atoms with Crippen LogP contribution in [0.25, 0.3) is 11.1 Å². The Morgan fingerprint density at radius 1 is 0.447 bits per heavy atom. The Labute approximate surface area is 220 Å². The van der Waals surface area contributed by atoms with Crippen molar-refractivity contribution in [3.8, 4) is 22.6 Å². The van der Waals surface area contributed by atoms with Gasteiger partial charge in [0.25, 0.3) is 0 Å². The average molecular weight is 538 g/mol. The summed E-state index contributed by atoms with van der Waals surface area (Å²) in [5.74, 6) is 1.31. The van der Waals surface area contributed by atoms with Crippen LogP contribution in [0.3, 0.4) is 0 Å². The number of sulfone groups is 2. The van der Waals surface area contributed by atoms with Crippen LogP contribution in [-0.4, -0.2) is 16.8 Å². The lowest BCUT2D eigenvalue weighted by atomic mass is 10.0. The molecule has 5 aromatic carbocycles. The molecular weight excluding hydrogens is 518 g/mol. The molecule has 0 amide bonds. The predicted molar refractivity (Wildman–Crippen MR) is 144 cm³/mol. The summed E-state index contributed by atoms with van der Waals surface area (Å²) in [5, 5.41) is 0. The first-order chi connectivity index (χ1) is 18.4. The van der Waals surface area contributed by atoms with Crippen molar-refractivity contribution >= 4 is 36.7 Å². The molecule has 0 spiro atoms. The van der Waals surface area contributed by atoms with E-state index in [1.807, 2.05) is 77.7 Å². The summed E-state index contributed by atoms with van der Waals surface area (Å²) in [7, 11) is -8.19. The molecule has 5 aromatic rings. The summed E-state index contributed by atoms with van der Waals surface area (Å²) in [5.41, 5.74) is 3.15. The highest BCUT2D eigenvalue weighted by Crippen LogP contribution is 2.53. The third-order valence-electron chi connectivity index (χ3n) is 6.83. The quantitative estimate of drug-likeness (QED) is 0.238. The Morgan fingerprint density at radius 2 is 0.921 bits per heavy atom. The summed E-state index contributed by atoms with van der Waals surface area (Å²) in [6.45, 7) is 0. The van der Waals surface area contributed by atoms with Gasteiger partial charge in [-0.1, -0.05) is 66.7 Å². The number of para-hydroxylation sites is 5. The van der Waals surface area contributed by atoms with Gasteiger partial charge in [-0.15, -0.1) is 0 Å². The molecular formula is C30H19NO5S2. The van der Waals surface area contributed by atoms with Crippen LogP contribution in [0.5, 0.6) is 11.5 Å². The molecule has 186 valence electrons. The molecule has 0 N–H and O–H groups in total. The molecule has 0 unspecified atom stereocenters.